The van der Waals surface area contributed by atoms with Gasteiger partial charge in [0, 0.05) is 11.6 Å². The SMILES string of the molecule is C=CCCCCc1cc(F)cc(C)c1-c1ccc(F)c([C@H](CC(=O)OCC)NC(=O)[C@H](CC=C)n2nc(Cl)c(C(F)(F)F)cc2=O)c1. The lowest BCUT2D eigenvalue weighted by molar-refractivity contribution is -0.144. The Morgan fingerprint density at radius 1 is 1.11 bits per heavy atom. The van der Waals surface area contributed by atoms with Crippen molar-refractivity contribution < 1.29 is 36.3 Å². The molecule has 252 valence electrons. The predicted molar refractivity (Wildman–Crippen MR) is 169 cm³/mol. The van der Waals surface area contributed by atoms with Crippen LogP contribution in [-0.4, -0.2) is 28.3 Å². The Labute approximate surface area is 274 Å². The zero-order valence-corrected chi connectivity index (χ0v) is 26.7. The number of hydrogen-bond donors (Lipinski definition) is 1. The van der Waals surface area contributed by atoms with E-state index in [9.17, 15) is 31.9 Å². The van der Waals surface area contributed by atoms with Gasteiger partial charge in [0.15, 0.2) is 5.15 Å². The van der Waals surface area contributed by atoms with E-state index in [-0.39, 0.29) is 24.7 Å². The van der Waals surface area contributed by atoms with Crippen LogP contribution in [0.25, 0.3) is 11.1 Å². The Morgan fingerprint density at radius 2 is 1.83 bits per heavy atom. The first-order valence-electron chi connectivity index (χ1n) is 14.8. The average Bonchev–Trinajstić information content (AvgIpc) is 2.98. The predicted octanol–water partition coefficient (Wildman–Crippen LogP) is 8.00. The Bertz CT molecular complexity index is 1690. The molecule has 3 rings (SSSR count). The van der Waals surface area contributed by atoms with Gasteiger partial charge in [0.25, 0.3) is 5.56 Å². The summed E-state index contributed by atoms with van der Waals surface area (Å²) in [4.78, 5) is 39.0. The fourth-order valence-electron chi connectivity index (χ4n) is 5.23. The smallest absolute Gasteiger partial charge is 0.419 e. The molecule has 0 fully saturated rings. The molecular weight excluding hydrogens is 645 g/mol. The highest BCUT2D eigenvalue weighted by molar-refractivity contribution is 6.30. The number of carbonyl (C=O) groups is 2. The van der Waals surface area contributed by atoms with Gasteiger partial charge in [0.2, 0.25) is 5.91 Å². The van der Waals surface area contributed by atoms with Crippen LogP contribution in [0.2, 0.25) is 5.15 Å². The van der Waals surface area contributed by atoms with Gasteiger partial charge < -0.3 is 10.1 Å². The number of ether oxygens (including phenoxy) is 1. The second-order valence-electron chi connectivity index (χ2n) is 10.8. The van der Waals surface area contributed by atoms with Gasteiger partial charge in [-0.05, 0) is 92.5 Å². The van der Waals surface area contributed by atoms with Crippen molar-refractivity contribution in [1.82, 2.24) is 15.1 Å². The Hall–Kier alpha value is -4.32. The highest BCUT2D eigenvalue weighted by atomic mass is 35.5. The molecule has 0 unspecified atom stereocenters. The summed E-state index contributed by atoms with van der Waals surface area (Å²) in [7, 11) is 0. The molecule has 0 spiro atoms. The van der Waals surface area contributed by atoms with Crippen molar-refractivity contribution in [3.05, 3.63) is 111 Å². The van der Waals surface area contributed by atoms with Crippen LogP contribution in [0.3, 0.4) is 0 Å². The van der Waals surface area contributed by atoms with E-state index in [1.807, 2.05) is 0 Å². The minimum atomic E-state index is -4.97. The molecule has 3 aromatic rings. The van der Waals surface area contributed by atoms with E-state index in [1.54, 1.807) is 19.9 Å². The van der Waals surface area contributed by atoms with Crippen LogP contribution in [0.1, 0.15) is 73.4 Å². The van der Waals surface area contributed by atoms with Gasteiger partial charge in [0.1, 0.15) is 23.2 Å². The van der Waals surface area contributed by atoms with Gasteiger partial charge >= 0.3 is 12.1 Å². The van der Waals surface area contributed by atoms with Crippen molar-refractivity contribution in [3.8, 4) is 11.1 Å². The number of amides is 1. The fraction of sp³-hybridized carbons (Fsp3) is 0.353. The third-order valence-electron chi connectivity index (χ3n) is 7.34. The van der Waals surface area contributed by atoms with Gasteiger partial charge in [0.05, 0.1) is 19.1 Å². The van der Waals surface area contributed by atoms with Gasteiger partial charge in [-0.25, -0.2) is 13.5 Å². The summed E-state index contributed by atoms with van der Waals surface area (Å²) in [6.07, 6.45) is 0.121. The summed E-state index contributed by atoms with van der Waals surface area (Å²) in [6.45, 7) is 10.5. The van der Waals surface area contributed by atoms with E-state index in [0.717, 1.165) is 25.3 Å². The number of halogens is 6. The number of aromatic nitrogens is 2. The van der Waals surface area contributed by atoms with Crippen LogP contribution >= 0.6 is 11.6 Å². The molecule has 2 aromatic carbocycles. The molecule has 1 amide bonds. The number of aryl methyl sites for hydroxylation is 2. The van der Waals surface area contributed by atoms with Crippen LogP contribution in [0.5, 0.6) is 0 Å². The largest absolute Gasteiger partial charge is 0.466 e. The number of hydrogen-bond acceptors (Lipinski definition) is 5. The molecule has 1 aromatic heterocycles. The van der Waals surface area contributed by atoms with Crippen molar-refractivity contribution in [2.45, 2.75) is 70.6 Å². The van der Waals surface area contributed by atoms with Gasteiger partial charge in [-0.15, -0.1) is 13.2 Å². The highest BCUT2D eigenvalue weighted by Crippen LogP contribution is 2.35. The molecule has 47 heavy (non-hydrogen) atoms. The maximum absolute atomic E-state index is 15.5. The maximum Gasteiger partial charge on any atom is 0.419 e. The first kappa shape index (κ1) is 37.1. The molecule has 0 aliphatic carbocycles. The molecule has 1 N–H and O–H groups in total. The maximum atomic E-state index is 15.5. The van der Waals surface area contributed by atoms with Gasteiger partial charge in [-0.1, -0.05) is 29.8 Å². The summed E-state index contributed by atoms with van der Waals surface area (Å²) in [5.74, 6) is -2.98. The standard InChI is InChI=1S/C34H35ClF5N3O4/c1-5-8-9-10-12-21-16-23(36)15-20(4)31(21)22-13-14-26(37)24(17-22)27(19-30(45)47-7-3)41-33(46)28(11-6-2)43-29(44)18-25(32(35)42-43)34(38,39)40/h5-6,13-18,27-28H,1-2,7-12,19H2,3-4H3,(H,41,46)/t27-,28-/m0/s1. The summed E-state index contributed by atoms with van der Waals surface area (Å²) >= 11 is 5.73. The van der Waals surface area contributed by atoms with Crippen molar-refractivity contribution >= 4 is 23.5 Å². The minimum absolute atomic E-state index is 0.00549. The molecular formula is C34H35ClF5N3O4. The van der Waals surface area contributed by atoms with Gasteiger partial charge in [-0.2, -0.15) is 18.3 Å². The zero-order valence-electron chi connectivity index (χ0n) is 25.9. The number of nitrogens with one attached hydrogen (secondary N) is 1. The monoisotopic (exact) mass is 679 g/mol. The molecule has 0 aliphatic rings. The molecule has 13 heteroatoms. The number of rotatable bonds is 15. The molecule has 1 heterocycles. The van der Waals surface area contributed by atoms with Crippen LogP contribution in [-0.2, 0) is 26.9 Å². The van der Waals surface area contributed by atoms with E-state index >= 15 is 4.39 Å². The number of esters is 1. The third-order valence-corrected chi connectivity index (χ3v) is 7.62. The molecule has 0 bridgehead atoms. The lowest BCUT2D eigenvalue weighted by atomic mass is 9.89. The van der Waals surface area contributed by atoms with E-state index in [0.29, 0.717) is 33.4 Å². The molecule has 0 radical (unpaired) electrons. The van der Waals surface area contributed by atoms with E-state index < -0.39 is 64.5 Å². The average molecular weight is 680 g/mol. The topological polar surface area (TPSA) is 90.3 Å². The fourth-order valence-corrected chi connectivity index (χ4v) is 5.47. The number of nitrogens with zero attached hydrogens (tertiary/aromatic N) is 2. The number of alkyl halides is 3. The van der Waals surface area contributed by atoms with Crippen LogP contribution in [0.15, 0.2) is 66.5 Å². The van der Waals surface area contributed by atoms with Crippen LogP contribution in [0.4, 0.5) is 22.0 Å². The first-order chi connectivity index (χ1) is 22.2. The van der Waals surface area contributed by atoms with E-state index in [2.05, 4.69) is 23.6 Å². The first-order valence-corrected chi connectivity index (χ1v) is 15.2. The molecule has 0 aliphatic heterocycles. The number of benzene rings is 2. The molecule has 0 saturated carbocycles. The molecule has 7 nitrogen and oxygen atoms in total. The lowest BCUT2D eigenvalue weighted by Crippen LogP contribution is -2.41. The lowest BCUT2D eigenvalue weighted by Gasteiger charge is -2.24. The second-order valence-corrected chi connectivity index (χ2v) is 11.1. The Kier molecular flexibility index (Phi) is 13.0. The molecule has 0 saturated heterocycles. The van der Waals surface area contributed by atoms with Crippen molar-refractivity contribution in [2.24, 2.45) is 0 Å². The third kappa shape index (κ3) is 9.60. The van der Waals surface area contributed by atoms with E-state index in [4.69, 9.17) is 16.3 Å². The Balaban J connectivity index is 2.09. The number of allylic oxidation sites excluding steroid dienone is 2. The van der Waals surface area contributed by atoms with E-state index in [1.165, 1.54) is 30.3 Å². The summed E-state index contributed by atoms with van der Waals surface area (Å²) < 4.78 is 75.4. The number of unbranched alkanes of at least 4 members (excludes halogenated alkanes) is 2. The number of carbonyl (C=O) groups excluding carboxylic acids is 2. The Morgan fingerprint density at radius 3 is 2.47 bits per heavy atom. The summed E-state index contributed by atoms with van der Waals surface area (Å²) in [6, 6.07) is 4.17. The quantitative estimate of drug-likeness (QED) is 0.0761. The van der Waals surface area contributed by atoms with Gasteiger partial charge in [-0.3, -0.25) is 14.4 Å². The van der Waals surface area contributed by atoms with Crippen molar-refractivity contribution in [1.29, 1.82) is 0 Å². The van der Waals surface area contributed by atoms with Crippen molar-refractivity contribution in [3.63, 3.8) is 0 Å². The minimum Gasteiger partial charge on any atom is -0.466 e. The zero-order chi connectivity index (χ0) is 34.9. The summed E-state index contributed by atoms with van der Waals surface area (Å²) in [5.41, 5.74) is -0.440. The van der Waals surface area contributed by atoms with Crippen LogP contribution in [0, 0.1) is 18.6 Å². The highest BCUT2D eigenvalue weighted by Gasteiger charge is 2.36. The van der Waals surface area contributed by atoms with Crippen LogP contribution < -0.4 is 10.9 Å². The van der Waals surface area contributed by atoms with Crippen molar-refractivity contribution in [2.75, 3.05) is 6.61 Å². The molecule has 2 atom stereocenters. The second kappa shape index (κ2) is 16.5. The normalized spacial score (nSPS) is 12.7. The summed E-state index contributed by atoms with van der Waals surface area (Å²) in [5, 5.41) is 5.00.